The molecule has 0 spiro atoms. The molecular weight excluding hydrogens is 264 g/mol. The van der Waals surface area contributed by atoms with E-state index in [4.69, 9.17) is 4.74 Å². The first-order valence-electron chi connectivity index (χ1n) is 6.50. The van der Waals surface area contributed by atoms with Gasteiger partial charge >= 0.3 is 0 Å². The molecule has 0 aromatic carbocycles. The summed E-state index contributed by atoms with van der Waals surface area (Å²) in [6.45, 7) is 0. The predicted molar refractivity (Wildman–Crippen MR) is 70.6 cm³/mol. The van der Waals surface area contributed by atoms with Crippen LogP contribution in [-0.4, -0.2) is 37.8 Å². The third-order valence-corrected chi connectivity index (χ3v) is 6.21. The number of rotatable bonds is 3. The molecule has 2 bridgehead atoms. The summed E-state index contributed by atoms with van der Waals surface area (Å²) in [4.78, 5) is 12.4. The molecule has 2 fully saturated rings. The largest absolute Gasteiger partial charge is 0.480 e. The van der Waals surface area contributed by atoms with Crippen molar-refractivity contribution in [3.8, 4) is 5.88 Å². The quantitative estimate of drug-likeness (QED) is 0.782. The molecule has 5 nitrogen and oxygen atoms in total. The molecule has 0 radical (unpaired) electrons. The Morgan fingerprint density at radius 3 is 2.47 bits per heavy atom. The number of ketones is 1. The molecule has 0 amide bonds. The van der Waals surface area contributed by atoms with E-state index in [9.17, 15) is 9.00 Å². The fourth-order valence-corrected chi connectivity index (χ4v) is 5.14. The van der Waals surface area contributed by atoms with Gasteiger partial charge in [-0.3, -0.25) is 9.00 Å². The lowest BCUT2D eigenvalue weighted by Gasteiger charge is -2.25. The van der Waals surface area contributed by atoms with E-state index in [0.29, 0.717) is 11.6 Å². The molecule has 6 heteroatoms. The molecule has 3 heterocycles. The number of ether oxygens (including phenoxy) is 1. The number of Topliss-reactive ketones (excluding diaryl/α,β-unsaturated/α-hetero) is 1. The van der Waals surface area contributed by atoms with Crippen molar-refractivity contribution >= 4 is 16.6 Å². The molecule has 2 atom stereocenters. The zero-order valence-corrected chi connectivity index (χ0v) is 11.6. The fraction of sp³-hybridized carbons (Fsp3) is 0.615. The average Bonchev–Trinajstić information content (AvgIpc) is 2.68. The van der Waals surface area contributed by atoms with Crippen LogP contribution in [0.5, 0.6) is 5.88 Å². The molecule has 0 N–H and O–H groups in total. The summed E-state index contributed by atoms with van der Waals surface area (Å²) in [5.41, 5.74) is 0.387. The minimum Gasteiger partial charge on any atom is -0.480 e. The maximum atomic E-state index is 12.4. The molecule has 102 valence electrons. The molecule has 2 aliphatic rings. The smallest absolute Gasteiger partial charge is 0.233 e. The van der Waals surface area contributed by atoms with Crippen LogP contribution < -0.4 is 4.74 Å². The highest BCUT2D eigenvalue weighted by Gasteiger charge is 2.43. The second kappa shape index (κ2) is 5.00. The van der Waals surface area contributed by atoms with E-state index in [0.717, 1.165) is 25.7 Å². The summed E-state index contributed by atoms with van der Waals surface area (Å²) in [5, 5.41) is 8.16. The van der Waals surface area contributed by atoms with Crippen LogP contribution in [0.25, 0.3) is 0 Å². The Bertz CT molecular complexity index is 501. The van der Waals surface area contributed by atoms with Gasteiger partial charge in [0.25, 0.3) is 0 Å². The Morgan fingerprint density at radius 2 is 1.95 bits per heavy atom. The van der Waals surface area contributed by atoms with Crippen LogP contribution >= 0.6 is 0 Å². The van der Waals surface area contributed by atoms with Crippen molar-refractivity contribution < 1.29 is 13.7 Å². The van der Waals surface area contributed by atoms with Gasteiger partial charge in [-0.05, 0) is 31.7 Å². The summed E-state index contributed by atoms with van der Waals surface area (Å²) >= 11 is 0. The van der Waals surface area contributed by atoms with E-state index >= 15 is 0 Å². The van der Waals surface area contributed by atoms with Crippen LogP contribution in [0.15, 0.2) is 12.1 Å². The van der Waals surface area contributed by atoms with E-state index in [2.05, 4.69) is 10.2 Å². The van der Waals surface area contributed by atoms with Crippen molar-refractivity contribution in [3.05, 3.63) is 17.8 Å². The summed E-state index contributed by atoms with van der Waals surface area (Å²) in [6.07, 6.45) is 3.45. The highest BCUT2D eigenvalue weighted by atomic mass is 32.2. The number of methoxy groups -OCH3 is 1. The molecule has 2 unspecified atom stereocenters. The third kappa shape index (κ3) is 2.29. The van der Waals surface area contributed by atoms with Gasteiger partial charge < -0.3 is 4.74 Å². The zero-order chi connectivity index (χ0) is 13.4. The van der Waals surface area contributed by atoms with Gasteiger partial charge in [-0.2, -0.15) is 0 Å². The van der Waals surface area contributed by atoms with E-state index in [1.165, 1.54) is 7.11 Å². The second-order valence-corrected chi connectivity index (χ2v) is 7.13. The van der Waals surface area contributed by atoms with E-state index < -0.39 is 10.8 Å². The molecular formula is C13H16N2O3S. The minimum absolute atomic E-state index is 0.0313. The Hall–Kier alpha value is -1.30. The Kier molecular flexibility index (Phi) is 3.35. The number of carbonyl (C=O) groups excluding carboxylic acids is 1. The van der Waals surface area contributed by atoms with E-state index in [-0.39, 0.29) is 22.2 Å². The Morgan fingerprint density at radius 1 is 1.26 bits per heavy atom. The summed E-state index contributed by atoms with van der Waals surface area (Å²) < 4.78 is 16.9. The highest BCUT2D eigenvalue weighted by Crippen LogP contribution is 2.39. The average molecular weight is 280 g/mol. The predicted octanol–water partition coefficient (Wildman–Crippen LogP) is 1.36. The number of fused-ring (bicyclic) bond motifs is 2. The normalized spacial score (nSPS) is 33.1. The molecule has 2 aliphatic heterocycles. The monoisotopic (exact) mass is 280 g/mol. The van der Waals surface area contributed by atoms with Crippen molar-refractivity contribution in [1.82, 2.24) is 10.2 Å². The standard InChI is InChI=1S/C13H16N2O3S/c1-18-12-5-4-11(14-15-12)13(16)8-6-9-2-3-10(7-8)19(9)17/h4-5,8-10H,2-3,6-7H2,1H3. The van der Waals surface area contributed by atoms with Gasteiger partial charge in [0.1, 0.15) is 5.69 Å². The topological polar surface area (TPSA) is 69.2 Å². The van der Waals surface area contributed by atoms with Gasteiger partial charge in [0, 0.05) is 33.3 Å². The van der Waals surface area contributed by atoms with Crippen molar-refractivity contribution in [2.75, 3.05) is 7.11 Å². The second-order valence-electron chi connectivity index (χ2n) is 5.14. The van der Waals surface area contributed by atoms with Crippen molar-refractivity contribution in [2.45, 2.75) is 36.2 Å². The maximum Gasteiger partial charge on any atom is 0.233 e. The van der Waals surface area contributed by atoms with Crippen LogP contribution in [-0.2, 0) is 10.8 Å². The lowest BCUT2D eigenvalue weighted by molar-refractivity contribution is 0.0899. The number of hydrogen-bond acceptors (Lipinski definition) is 5. The third-order valence-electron chi connectivity index (χ3n) is 4.03. The molecule has 3 rings (SSSR count). The first kappa shape index (κ1) is 12.7. The Labute approximate surface area is 114 Å². The molecule has 1 aromatic rings. The first-order chi connectivity index (χ1) is 9.19. The van der Waals surface area contributed by atoms with Crippen molar-refractivity contribution in [3.63, 3.8) is 0 Å². The number of aromatic nitrogens is 2. The molecule has 2 saturated heterocycles. The highest BCUT2D eigenvalue weighted by molar-refractivity contribution is 7.86. The molecule has 0 saturated carbocycles. The SMILES string of the molecule is COc1ccc(C(=O)C2CC3CCC(C2)S3=O)nn1. The summed E-state index contributed by atoms with van der Waals surface area (Å²) in [7, 11) is 0.788. The Balaban J connectivity index is 1.75. The molecule has 19 heavy (non-hydrogen) atoms. The number of hydrogen-bond donors (Lipinski definition) is 0. The van der Waals surface area contributed by atoms with Crippen LogP contribution in [0.3, 0.4) is 0 Å². The van der Waals surface area contributed by atoms with Gasteiger partial charge in [0.2, 0.25) is 5.88 Å². The van der Waals surface area contributed by atoms with Gasteiger partial charge in [0.15, 0.2) is 5.78 Å². The molecule has 0 aliphatic carbocycles. The first-order valence-corrected chi connectivity index (χ1v) is 7.78. The van der Waals surface area contributed by atoms with Gasteiger partial charge in [0.05, 0.1) is 7.11 Å². The van der Waals surface area contributed by atoms with Crippen molar-refractivity contribution in [2.24, 2.45) is 5.92 Å². The zero-order valence-electron chi connectivity index (χ0n) is 10.7. The summed E-state index contributed by atoms with van der Waals surface area (Å²) in [6, 6.07) is 3.30. The van der Waals surface area contributed by atoms with Gasteiger partial charge in [-0.25, -0.2) is 0 Å². The lowest BCUT2D eigenvalue weighted by atomic mass is 9.93. The van der Waals surface area contributed by atoms with Crippen molar-refractivity contribution in [1.29, 1.82) is 0 Å². The minimum atomic E-state index is -0.726. The maximum absolute atomic E-state index is 12.4. The van der Waals surface area contributed by atoms with Crippen LogP contribution in [0, 0.1) is 5.92 Å². The van der Waals surface area contributed by atoms with Crippen LogP contribution in [0.4, 0.5) is 0 Å². The van der Waals surface area contributed by atoms with Crippen LogP contribution in [0.1, 0.15) is 36.2 Å². The fourth-order valence-electron chi connectivity index (χ4n) is 3.02. The molecule has 1 aromatic heterocycles. The van der Waals surface area contributed by atoms with Gasteiger partial charge in [-0.1, -0.05) is 0 Å². The lowest BCUT2D eigenvalue weighted by Crippen LogP contribution is -2.32. The van der Waals surface area contributed by atoms with Gasteiger partial charge in [-0.15, -0.1) is 10.2 Å². The van der Waals surface area contributed by atoms with Crippen LogP contribution in [0.2, 0.25) is 0 Å². The number of carbonyl (C=O) groups is 1. The van der Waals surface area contributed by atoms with E-state index in [1.54, 1.807) is 12.1 Å². The summed E-state index contributed by atoms with van der Waals surface area (Å²) in [5.74, 6) is 0.392. The van der Waals surface area contributed by atoms with E-state index in [1.807, 2.05) is 0 Å². The number of nitrogens with zero attached hydrogens (tertiary/aromatic N) is 2.